The third-order valence-electron chi connectivity index (χ3n) is 7.79. The second-order valence-corrected chi connectivity index (χ2v) is 10.3. The van der Waals surface area contributed by atoms with Crippen molar-refractivity contribution in [3.8, 4) is 0 Å². The molecule has 204 valence electrons. The first kappa shape index (κ1) is 27.1. The lowest BCUT2D eigenvalue weighted by Crippen LogP contribution is -2.36. The molecule has 0 N–H and O–H groups in total. The SMILES string of the molecule is COC(=O)C1CCC(C(=O)OC2COC3C(C)COC23)CC1.COC(=O)OC1COC2C(C)COC12. The minimum Gasteiger partial charge on any atom is -0.469 e. The fraction of sp³-hybridized carbons (Fsp3) is 0.880. The minimum atomic E-state index is -0.678. The molecule has 0 bridgehead atoms. The maximum atomic E-state index is 12.3. The Morgan fingerprint density at radius 1 is 0.583 bits per heavy atom. The fourth-order valence-electron chi connectivity index (χ4n) is 5.66. The second-order valence-electron chi connectivity index (χ2n) is 10.3. The smallest absolute Gasteiger partial charge is 0.469 e. The molecule has 5 rings (SSSR count). The van der Waals surface area contributed by atoms with Gasteiger partial charge in [-0.25, -0.2) is 4.79 Å². The lowest BCUT2D eigenvalue weighted by molar-refractivity contribution is -0.161. The maximum absolute atomic E-state index is 12.3. The summed E-state index contributed by atoms with van der Waals surface area (Å²) >= 11 is 0. The van der Waals surface area contributed by atoms with Gasteiger partial charge in [0.25, 0.3) is 0 Å². The van der Waals surface area contributed by atoms with Crippen molar-refractivity contribution in [2.24, 2.45) is 23.7 Å². The van der Waals surface area contributed by atoms with Crippen LogP contribution in [-0.4, -0.2) is 95.4 Å². The van der Waals surface area contributed by atoms with Crippen molar-refractivity contribution in [1.82, 2.24) is 0 Å². The molecule has 4 aliphatic heterocycles. The Kier molecular flexibility index (Phi) is 9.08. The highest BCUT2D eigenvalue weighted by atomic mass is 16.7. The van der Waals surface area contributed by atoms with E-state index >= 15 is 0 Å². The van der Waals surface area contributed by atoms with Gasteiger partial charge in [-0.05, 0) is 25.7 Å². The summed E-state index contributed by atoms with van der Waals surface area (Å²) in [7, 11) is 2.69. The molecule has 5 fully saturated rings. The van der Waals surface area contributed by atoms with Gasteiger partial charge in [0.2, 0.25) is 0 Å². The number of rotatable bonds is 4. The van der Waals surface area contributed by atoms with E-state index in [0.717, 1.165) is 0 Å². The van der Waals surface area contributed by atoms with Gasteiger partial charge in [0.05, 0.1) is 64.7 Å². The topological polar surface area (TPSA) is 125 Å². The molecular weight excluding hydrogens is 476 g/mol. The molecule has 0 aromatic heterocycles. The van der Waals surface area contributed by atoms with Crippen LogP contribution in [0.25, 0.3) is 0 Å². The van der Waals surface area contributed by atoms with E-state index < -0.39 is 6.16 Å². The van der Waals surface area contributed by atoms with Crippen LogP contribution in [0.1, 0.15) is 39.5 Å². The third-order valence-corrected chi connectivity index (χ3v) is 7.79. The molecule has 8 atom stereocenters. The van der Waals surface area contributed by atoms with Gasteiger partial charge in [-0.1, -0.05) is 13.8 Å². The number of esters is 2. The molecule has 11 nitrogen and oxygen atoms in total. The number of carbonyl (C=O) groups is 3. The van der Waals surface area contributed by atoms with Crippen molar-refractivity contribution in [3.05, 3.63) is 0 Å². The normalized spacial score (nSPS) is 40.9. The molecule has 0 aromatic carbocycles. The van der Waals surface area contributed by atoms with Gasteiger partial charge in [-0.15, -0.1) is 0 Å². The van der Waals surface area contributed by atoms with E-state index in [2.05, 4.69) is 18.6 Å². The highest BCUT2D eigenvalue weighted by Gasteiger charge is 2.49. The van der Waals surface area contributed by atoms with E-state index in [-0.39, 0.29) is 60.4 Å². The van der Waals surface area contributed by atoms with Crippen molar-refractivity contribution < 1.29 is 52.3 Å². The molecule has 4 heterocycles. The molecular formula is C25H38O11. The summed E-state index contributed by atoms with van der Waals surface area (Å²) in [6, 6.07) is 0. The van der Waals surface area contributed by atoms with Crippen LogP contribution in [0.4, 0.5) is 4.79 Å². The summed E-state index contributed by atoms with van der Waals surface area (Å²) in [5, 5.41) is 0. The standard InChI is InChI=1S/C16H24O6.C9H14O5/c1-9-7-20-14-12(8-21-13(9)14)22-16(18)11-5-3-10(4-6-11)15(17)19-2;1-5-3-12-8-6(4-13-7(5)8)14-9(10)11-2/h9-14H,3-8H2,1-2H3;5-8H,3-4H2,1-2H3. The summed E-state index contributed by atoms with van der Waals surface area (Å²) in [5.74, 6) is 0.161. The zero-order valence-corrected chi connectivity index (χ0v) is 21.4. The Morgan fingerprint density at radius 2 is 1.03 bits per heavy atom. The van der Waals surface area contributed by atoms with Crippen LogP contribution in [0.3, 0.4) is 0 Å². The molecule has 11 heteroatoms. The molecule has 0 radical (unpaired) electrons. The van der Waals surface area contributed by atoms with Gasteiger partial charge >= 0.3 is 18.1 Å². The zero-order chi connectivity index (χ0) is 25.8. The van der Waals surface area contributed by atoms with Crippen LogP contribution < -0.4 is 0 Å². The van der Waals surface area contributed by atoms with Crippen LogP contribution in [-0.2, 0) is 47.5 Å². The third kappa shape index (κ3) is 5.95. The van der Waals surface area contributed by atoms with Crippen molar-refractivity contribution >= 4 is 18.1 Å². The Bertz CT molecular complexity index is 780. The van der Waals surface area contributed by atoms with E-state index in [1.54, 1.807) is 0 Å². The van der Waals surface area contributed by atoms with Crippen molar-refractivity contribution in [3.63, 3.8) is 0 Å². The van der Waals surface area contributed by atoms with Crippen molar-refractivity contribution in [2.75, 3.05) is 40.6 Å². The first-order valence-electron chi connectivity index (χ1n) is 12.8. The van der Waals surface area contributed by atoms with Crippen LogP contribution >= 0.6 is 0 Å². The molecule has 0 aromatic rings. The molecule has 5 aliphatic rings. The molecule has 0 amide bonds. The van der Waals surface area contributed by atoms with Crippen LogP contribution in [0.15, 0.2) is 0 Å². The molecule has 1 saturated carbocycles. The summed E-state index contributed by atoms with van der Waals surface area (Å²) in [4.78, 5) is 34.7. The summed E-state index contributed by atoms with van der Waals surface area (Å²) in [6.45, 7) is 6.29. The second kappa shape index (κ2) is 12.1. The predicted molar refractivity (Wildman–Crippen MR) is 122 cm³/mol. The maximum Gasteiger partial charge on any atom is 0.508 e. The van der Waals surface area contributed by atoms with E-state index in [1.807, 2.05) is 0 Å². The number of hydrogen-bond acceptors (Lipinski definition) is 11. The lowest BCUT2D eigenvalue weighted by Gasteiger charge is -2.27. The number of hydrogen-bond donors (Lipinski definition) is 0. The van der Waals surface area contributed by atoms with Gasteiger partial charge in [-0.2, -0.15) is 0 Å². The fourth-order valence-corrected chi connectivity index (χ4v) is 5.66. The van der Waals surface area contributed by atoms with E-state index in [4.69, 9.17) is 33.2 Å². The van der Waals surface area contributed by atoms with Gasteiger partial charge in [0.15, 0.2) is 12.2 Å². The monoisotopic (exact) mass is 514 g/mol. The minimum absolute atomic E-state index is 0.0489. The molecule has 1 aliphatic carbocycles. The predicted octanol–water partition coefficient (Wildman–Crippen LogP) is 1.88. The average Bonchev–Trinajstić information content (AvgIpc) is 3.66. The highest BCUT2D eigenvalue weighted by molar-refractivity contribution is 5.75. The molecule has 4 saturated heterocycles. The molecule has 36 heavy (non-hydrogen) atoms. The van der Waals surface area contributed by atoms with Crippen molar-refractivity contribution in [2.45, 2.75) is 76.2 Å². The highest BCUT2D eigenvalue weighted by Crippen LogP contribution is 2.35. The molecule has 0 spiro atoms. The van der Waals surface area contributed by atoms with Gasteiger partial charge in [-0.3, -0.25) is 9.59 Å². The quantitative estimate of drug-likeness (QED) is 0.403. The first-order chi connectivity index (χ1) is 17.3. The van der Waals surface area contributed by atoms with Crippen LogP contribution in [0.2, 0.25) is 0 Å². The van der Waals surface area contributed by atoms with E-state index in [0.29, 0.717) is 63.9 Å². The Labute approximate surface area is 211 Å². The number of fused-ring (bicyclic) bond motifs is 2. The van der Waals surface area contributed by atoms with Crippen LogP contribution in [0, 0.1) is 23.7 Å². The zero-order valence-electron chi connectivity index (χ0n) is 21.4. The number of carbonyl (C=O) groups excluding carboxylic acids is 3. The average molecular weight is 515 g/mol. The van der Waals surface area contributed by atoms with E-state index in [1.165, 1.54) is 14.2 Å². The first-order valence-corrected chi connectivity index (χ1v) is 12.8. The Balaban J connectivity index is 0.000000187. The Hall–Kier alpha value is -1.95. The van der Waals surface area contributed by atoms with Crippen molar-refractivity contribution in [1.29, 1.82) is 0 Å². The number of methoxy groups -OCH3 is 2. The van der Waals surface area contributed by atoms with Gasteiger partial charge in [0, 0.05) is 11.8 Å². The van der Waals surface area contributed by atoms with Gasteiger partial charge < -0.3 is 37.9 Å². The summed E-state index contributed by atoms with van der Waals surface area (Å²) < 4.78 is 42.2. The largest absolute Gasteiger partial charge is 0.508 e. The van der Waals surface area contributed by atoms with Crippen LogP contribution in [0.5, 0.6) is 0 Å². The summed E-state index contributed by atoms with van der Waals surface area (Å²) in [5.41, 5.74) is 0. The van der Waals surface area contributed by atoms with Gasteiger partial charge in [0.1, 0.15) is 12.2 Å². The lowest BCUT2D eigenvalue weighted by atomic mass is 9.82. The molecule has 8 unspecified atom stereocenters. The Morgan fingerprint density at radius 3 is 1.50 bits per heavy atom. The summed E-state index contributed by atoms with van der Waals surface area (Å²) in [6.07, 6.45) is 1.31. The van der Waals surface area contributed by atoms with E-state index in [9.17, 15) is 14.4 Å². The number of ether oxygens (including phenoxy) is 8.